The van der Waals surface area contributed by atoms with Gasteiger partial charge in [-0.15, -0.1) is 40.8 Å². The molecule has 135 heavy (non-hydrogen) atoms. The number of benzene rings is 8. The van der Waals surface area contributed by atoms with Gasteiger partial charge in [-0.3, -0.25) is 0 Å². The summed E-state index contributed by atoms with van der Waals surface area (Å²) in [5.74, 6) is 9.00. The van der Waals surface area contributed by atoms with E-state index in [4.69, 9.17) is 92.7 Å². The molecule has 0 saturated heterocycles. The van der Waals surface area contributed by atoms with E-state index in [1.54, 1.807) is 0 Å². The zero-order valence-electron chi connectivity index (χ0n) is 76.7. The molecule has 47 heteroatoms. The lowest BCUT2D eigenvalue weighted by Gasteiger charge is -2.05. The summed E-state index contributed by atoms with van der Waals surface area (Å²) in [6, 6.07) is 62.6. The van der Waals surface area contributed by atoms with E-state index in [1.807, 2.05) is 300 Å². The predicted octanol–water partition coefficient (Wildman–Crippen LogP) is 18.6. The van der Waals surface area contributed by atoms with E-state index in [-0.39, 0.29) is 0 Å². The molecule has 8 aromatic carbocycles. The largest absolute Gasteiger partial charge is 0.368 e. The molecule has 0 spiro atoms. The zero-order chi connectivity index (χ0) is 97.0. The molecule has 714 valence electrons. The SMILES string of the molecule is CC(C)Nc1n[nH]c(Nc2ccccc2Cl)n1.CC(C)Nc1nc(NCCc2ccccc2Cl)n[nH]1.CC(C)Nc1nc(NCc2ccccc2Cl)n[nH]1.CN(C)c1n[nH]c(NCCc2ccccc2Cl)n1.CN(C)c1n[nH]c(NCc2ccccc2Cl)n1.CN(C)c1n[nH]c(Nc2ccccc2Cl)n1.Cc1cccc(Nc2n[nH]c(N)n2)c1.Nc1nc(NCCc2ccccc2Cl)n[nH]1. The Morgan fingerprint density at radius 2 is 0.607 bits per heavy atom. The molecule has 8 heterocycles. The third-order valence-corrected chi connectivity index (χ3v) is 20.1. The molecule has 16 rings (SSSR count). The highest BCUT2D eigenvalue weighted by Gasteiger charge is 2.14. The Hall–Kier alpha value is -14.3. The van der Waals surface area contributed by atoms with Crippen molar-refractivity contribution in [2.75, 3.05) is 147 Å². The molecule has 0 aliphatic rings. The van der Waals surface area contributed by atoms with E-state index in [1.165, 1.54) is 5.56 Å². The van der Waals surface area contributed by atoms with Crippen molar-refractivity contribution in [3.63, 3.8) is 0 Å². The first-order chi connectivity index (χ1) is 64.9. The number of hydrogen-bond acceptors (Lipinski definition) is 32. The van der Waals surface area contributed by atoms with Gasteiger partial charge in [0.05, 0.1) is 21.4 Å². The number of hydrogen-bond donors (Lipinski definition) is 21. The normalized spacial score (nSPS) is 10.4. The van der Waals surface area contributed by atoms with Crippen molar-refractivity contribution < 1.29 is 0 Å². The third kappa shape index (κ3) is 38.1. The number of halogens is 7. The molecule has 0 aliphatic carbocycles. The summed E-state index contributed by atoms with van der Waals surface area (Å²) in [5.41, 5.74) is 19.9. The Balaban J connectivity index is 0.000000173. The van der Waals surface area contributed by atoms with Gasteiger partial charge in [0, 0.05) is 124 Å². The second kappa shape index (κ2) is 55.3. The minimum absolute atomic E-state index is 0.291. The number of anilines is 19. The van der Waals surface area contributed by atoms with E-state index in [0.29, 0.717) is 143 Å². The molecule has 0 bridgehead atoms. The predicted molar refractivity (Wildman–Crippen MR) is 552 cm³/mol. The van der Waals surface area contributed by atoms with Gasteiger partial charge in [0.2, 0.25) is 95.2 Å². The van der Waals surface area contributed by atoms with Crippen LogP contribution in [0.5, 0.6) is 0 Å². The zero-order valence-corrected chi connectivity index (χ0v) is 82.0. The maximum atomic E-state index is 6.09. The van der Waals surface area contributed by atoms with Crippen LogP contribution in [0.25, 0.3) is 0 Å². The molecular weight excluding hydrogens is 1870 g/mol. The Labute approximate surface area is 817 Å². The summed E-state index contributed by atoms with van der Waals surface area (Å²) < 4.78 is 0. The van der Waals surface area contributed by atoms with Crippen molar-refractivity contribution in [3.05, 3.63) is 263 Å². The third-order valence-electron chi connectivity index (χ3n) is 17.6. The van der Waals surface area contributed by atoms with Gasteiger partial charge in [0.25, 0.3) is 0 Å². The number of aromatic nitrogens is 24. The van der Waals surface area contributed by atoms with Crippen molar-refractivity contribution >= 4 is 193 Å². The molecule has 0 amide bonds. The van der Waals surface area contributed by atoms with E-state index >= 15 is 0 Å². The maximum absolute atomic E-state index is 6.09. The molecule has 40 nitrogen and oxygen atoms in total. The van der Waals surface area contributed by atoms with Crippen LogP contribution in [0.1, 0.15) is 74.9 Å². The number of nitrogens with one attached hydrogen (secondary N) is 19. The molecule has 0 fully saturated rings. The lowest BCUT2D eigenvalue weighted by Crippen LogP contribution is -2.11. The summed E-state index contributed by atoms with van der Waals surface area (Å²) in [4.78, 5) is 38.9. The molecule has 0 saturated carbocycles. The van der Waals surface area contributed by atoms with Crippen LogP contribution in [0.4, 0.5) is 112 Å². The molecule has 23 N–H and O–H groups in total. The smallest absolute Gasteiger partial charge is 0.248 e. The fourth-order valence-corrected chi connectivity index (χ4v) is 12.6. The van der Waals surface area contributed by atoms with Crippen LogP contribution >= 0.6 is 81.2 Å². The standard InChI is InChI=1S/C13H18ClN5.2C12H16ClN5.2C11H14ClN5.2C10H12ClN5.C9H11N5/c1-9(2)16-13-17-12(18-19-13)15-8-7-10-5-3-4-6-11(10)14;1-18(2)12-15-11(16-17-12)14-8-7-9-5-3-4-6-10(9)13;1-8(2)15-12-16-11(17-18-12)14-7-9-5-3-4-6-10(9)13;1-17(2)11-14-10(15-16-11)13-7-8-5-3-4-6-9(8)12;1-7(2)13-10-15-11(17-16-10)14-9-6-4-3-5-8(9)12;1-16(2)10-13-9(14-15-10)12-8-6-4-3-5-7(8)11;11-8-4-2-1-3-7(8)5-6-13-10-14-9(12)15-16-10;1-6-3-2-4-7(5-6)11-9-12-8(10)13-14-9/h3-6,9H,7-8H2,1-2H3,(H3,15,16,17,18,19);3-6H,7-8H2,1-2H3,(H2,14,15,16,17);3-6,8H,7H2,1-2H3,(H3,14,15,16,17,18);3-6H,7H2,1-2H3,(H2,13,14,15,16);3-7H,1-2H3,(H3,13,14,15,16,17);3-6H,1-2H3,(H2,12,13,14,15);1-4H,5-6H2,(H4,12,13,14,15,16);2-5H,1H3,(H4,10,11,12,13,14). The van der Waals surface area contributed by atoms with Gasteiger partial charge < -0.3 is 84.7 Å². The first-order valence-electron chi connectivity index (χ1n) is 42.4. The Morgan fingerprint density at radius 3 is 1.00 bits per heavy atom. The second-order valence-electron chi connectivity index (χ2n) is 30.5. The fourth-order valence-electron chi connectivity index (χ4n) is 11.2. The number of aromatic amines is 8. The van der Waals surface area contributed by atoms with Gasteiger partial charge in [-0.05, 0) is 168 Å². The quantitative estimate of drug-likeness (QED) is 0.0182. The number of para-hydroxylation sites is 2. The minimum Gasteiger partial charge on any atom is -0.368 e. The molecule has 8 aromatic heterocycles. The second-order valence-corrected chi connectivity index (χ2v) is 33.4. The number of nitrogens with two attached hydrogens (primary N) is 2. The molecule has 0 radical (unpaired) electrons. The first kappa shape index (κ1) is 104. The van der Waals surface area contributed by atoms with Gasteiger partial charge in [-0.1, -0.05) is 209 Å². The molecule has 0 aliphatic heterocycles. The Bertz CT molecular complexity index is 6090. The highest BCUT2D eigenvalue weighted by Crippen LogP contribution is 2.27. The molecular formula is C88H113Cl7N40. The van der Waals surface area contributed by atoms with Gasteiger partial charge in [0.15, 0.2) is 0 Å². The monoisotopic (exact) mass is 1970 g/mol. The van der Waals surface area contributed by atoms with Crippen molar-refractivity contribution in [2.24, 2.45) is 0 Å². The van der Waals surface area contributed by atoms with E-state index < -0.39 is 0 Å². The van der Waals surface area contributed by atoms with E-state index in [0.717, 1.165) is 102 Å². The Kier molecular flexibility index (Phi) is 42.7. The number of H-pyrrole nitrogens is 8. The van der Waals surface area contributed by atoms with Crippen molar-refractivity contribution in [2.45, 2.75) is 98.9 Å². The summed E-state index contributed by atoms with van der Waals surface area (Å²) in [6.07, 6.45) is 2.49. The van der Waals surface area contributed by atoms with Crippen LogP contribution in [0.3, 0.4) is 0 Å². The van der Waals surface area contributed by atoms with Crippen LogP contribution in [0.15, 0.2) is 194 Å². The summed E-state index contributed by atoms with van der Waals surface area (Å²) in [7, 11) is 11.3. The van der Waals surface area contributed by atoms with Crippen LogP contribution in [0, 0.1) is 6.92 Å². The summed E-state index contributed by atoms with van der Waals surface area (Å²) in [6.45, 7) is 17.7. The van der Waals surface area contributed by atoms with Crippen LogP contribution in [-0.2, 0) is 32.4 Å². The number of nitrogen functional groups attached to an aromatic ring is 2. The van der Waals surface area contributed by atoms with Crippen LogP contribution < -0.4 is 84.7 Å². The topological polar surface area (TPSA) is 527 Å². The molecule has 16 aromatic rings. The highest BCUT2D eigenvalue weighted by molar-refractivity contribution is 6.34. The first-order valence-corrected chi connectivity index (χ1v) is 45.0. The summed E-state index contributed by atoms with van der Waals surface area (Å²) in [5, 5.41) is 93.4. The average molecular weight is 1980 g/mol. The van der Waals surface area contributed by atoms with Crippen LogP contribution in [0.2, 0.25) is 35.2 Å². The molecule has 0 unspecified atom stereocenters. The van der Waals surface area contributed by atoms with Crippen molar-refractivity contribution in [1.29, 1.82) is 0 Å². The number of nitrogens with zero attached hydrogens (tertiary/aromatic N) is 19. The highest BCUT2D eigenvalue weighted by atomic mass is 35.5. The van der Waals surface area contributed by atoms with Gasteiger partial charge in [-0.25, -0.2) is 40.8 Å². The minimum atomic E-state index is 0.291. The number of rotatable bonds is 33. The van der Waals surface area contributed by atoms with Crippen LogP contribution in [-0.4, -0.2) is 201 Å². The lowest BCUT2D eigenvalue weighted by atomic mass is 10.1. The molecule has 0 atom stereocenters. The van der Waals surface area contributed by atoms with Gasteiger partial charge in [0.1, 0.15) is 0 Å². The lowest BCUT2D eigenvalue weighted by molar-refractivity contribution is 0.876. The van der Waals surface area contributed by atoms with Crippen molar-refractivity contribution in [3.8, 4) is 0 Å². The van der Waals surface area contributed by atoms with Crippen molar-refractivity contribution in [1.82, 2.24) is 121 Å². The van der Waals surface area contributed by atoms with E-state index in [9.17, 15) is 0 Å². The number of aryl methyl sites for hydroxylation is 1. The summed E-state index contributed by atoms with van der Waals surface area (Å²) >= 11 is 42.3. The van der Waals surface area contributed by atoms with Gasteiger partial charge in [-0.2, -0.15) is 39.9 Å². The average Bonchev–Trinajstić information content (AvgIpc) is 1.74. The van der Waals surface area contributed by atoms with E-state index in [2.05, 4.69) is 180 Å². The Morgan fingerprint density at radius 1 is 0.289 bits per heavy atom. The fraction of sp³-hybridized carbons (Fsp3) is 0.273. The van der Waals surface area contributed by atoms with Gasteiger partial charge >= 0.3 is 0 Å². The maximum Gasteiger partial charge on any atom is 0.248 e.